The fourth-order valence-corrected chi connectivity index (χ4v) is 6.14. The van der Waals surface area contributed by atoms with Gasteiger partial charge in [0.15, 0.2) is 0 Å². The molecule has 42 heavy (non-hydrogen) atoms. The zero-order valence-electron chi connectivity index (χ0n) is 22.2. The van der Waals surface area contributed by atoms with Crippen LogP contribution < -0.4 is 0 Å². The molecule has 0 aliphatic carbocycles. The standard InChI is InChI=1S/C36H20N6/c1-2-8-23-19-32-25(17-22(23)7-1)20-33(39-38-32)36-35-31(40-42-41-36)16-15-21-10-5-12-27(34(21)35)26-11-6-14-30-28(26)18-24-9-3-4-13-29(24)37-30/h1-20H. The highest BCUT2D eigenvalue weighted by Crippen LogP contribution is 2.40. The van der Waals surface area contributed by atoms with Crippen LogP contribution in [0, 0.1) is 0 Å². The molecule has 0 amide bonds. The van der Waals surface area contributed by atoms with E-state index in [0.29, 0.717) is 11.4 Å². The van der Waals surface area contributed by atoms with Crippen molar-refractivity contribution in [1.82, 2.24) is 30.6 Å². The Morgan fingerprint density at radius 1 is 0.381 bits per heavy atom. The van der Waals surface area contributed by atoms with E-state index in [1.165, 1.54) is 0 Å². The third kappa shape index (κ3) is 3.45. The monoisotopic (exact) mass is 536 g/mol. The fourth-order valence-electron chi connectivity index (χ4n) is 6.14. The predicted molar refractivity (Wildman–Crippen MR) is 169 cm³/mol. The van der Waals surface area contributed by atoms with Crippen LogP contribution in [0.4, 0.5) is 0 Å². The summed E-state index contributed by atoms with van der Waals surface area (Å²) < 4.78 is 0. The van der Waals surface area contributed by atoms with Crippen LogP contribution in [0.5, 0.6) is 0 Å². The van der Waals surface area contributed by atoms with E-state index in [2.05, 4.69) is 111 Å². The molecule has 3 heterocycles. The topological polar surface area (TPSA) is 77.3 Å². The molecule has 0 N–H and O–H groups in total. The first kappa shape index (κ1) is 22.9. The molecule has 3 aromatic heterocycles. The fraction of sp³-hybridized carbons (Fsp3) is 0. The Morgan fingerprint density at radius 3 is 2.07 bits per heavy atom. The minimum Gasteiger partial charge on any atom is -0.248 e. The molecule has 0 saturated heterocycles. The Kier molecular flexibility index (Phi) is 4.80. The molecule has 194 valence electrons. The Labute approximate surface area is 239 Å². The van der Waals surface area contributed by atoms with Crippen molar-refractivity contribution in [2.24, 2.45) is 0 Å². The van der Waals surface area contributed by atoms with Crippen LogP contribution in [0.15, 0.2) is 121 Å². The van der Waals surface area contributed by atoms with E-state index in [0.717, 1.165) is 76.3 Å². The molecule has 9 aromatic rings. The quantitative estimate of drug-likeness (QED) is 0.163. The summed E-state index contributed by atoms with van der Waals surface area (Å²) in [6.45, 7) is 0. The van der Waals surface area contributed by atoms with Gasteiger partial charge >= 0.3 is 0 Å². The van der Waals surface area contributed by atoms with E-state index in [-0.39, 0.29) is 0 Å². The summed E-state index contributed by atoms with van der Waals surface area (Å²) in [5.74, 6) is 0. The van der Waals surface area contributed by atoms with Crippen LogP contribution in [0.3, 0.4) is 0 Å². The number of fused-ring (bicyclic) bond motifs is 7. The van der Waals surface area contributed by atoms with Gasteiger partial charge in [-0.3, -0.25) is 0 Å². The number of rotatable bonds is 2. The summed E-state index contributed by atoms with van der Waals surface area (Å²) in [5, 5.41) is 30.9. The molecule has 0 aliphatic rings. The molecule has 0 fully saturated rings. The summed E-state index contributed by atoms with van der Waals surface area (Å²) >= 11 is 0. The Morgan fingerprint density at radius 2 is 1.14 bits per heavy atom. The molecule has 0 atom stereocenters. The Hall–Kier alpha value is -5.88. The number of aromatic nitrogens is 6. The lowest BCUT2D eigenvalue weighted by atomic mass is 9.91. The summed E-state index contributed by atoms with van der Waals surface area (Å²) in [7, 11) is 0. The van der Waals surface area contributed by atoms with Crippen molar-refractivity contribution >= 4 is 65.2 Å². The van der Waals surface area contributed by atoms with E-state index in [1.807, 2.05) is 36.4 Å². The van der Waals surface area contributed by atoms with Gasteiger partial charge in [0.05, 0.1) is 22.1 Å². The van der Waals surface area contributed by atoms with Gasteiger partial charge < -0.3 is 0 Å². The molecule has 6 nitrogen and oxygen atoms in total. The average molecular weight is 537 g/mol. The minimum absolute atomic E-state index is 0.657. The minimum atomic E-state index is 0.657. The van der Waals surface area contributed by atoms with Crippen molar-refractivity contribution in [3.63, 3.8) is 0 Å². The van der Waals surface area contributed by atoms with Crippen LogP contribution in [-0.2, 0) is 0 Å². The second kappa shape index (κ2) is 8.81. The van der Waals surface area contributed by atoms with Gasteiger partial charge in [-0.25, -0.2) is 4.98 Å². The Balaban J connectivity index is 1.35. The van der Waals surface area contributed by atoms with Crippen molar-refractivity contribution in [2.75, 3.05) is 0 Å². The molecular weight excluding hydrogens is 516 g/mol. The number of nitrogens with zero attached hydrogens (tertiary/aromatic N) is 6. The second-order valence-corrected chi connectivity index (χ2v) is 10.5. The number of benzene rings is 6. The van der Waals surface area contributed by atoms with Gasteiger partial charge in [0.1, 0.15) is 11.4 Å². The van der Waals surface area contributed by atoms with Crippen LogP contribution in [-0.4, -0.2) is 30.6 Å². The zero-order valence-corrected chi connectivity index (χ0v) is 22.2. The average Bonchev–Trinajstić information content (AvgIpc) is 3.05. The maximum absolute atomic E-state index is 4.97. The molecule has 0 bridgehead atoms. The number of hydrogen-bond acceptors (Lipinski definition) is 6. The van der Waals surface area contributed by atoms with E-state index in [9.17, 15) is 0 Å². The largest absolute Gasteiger partial charge is 0.248 e. The molecule has 0 spiro atoms. The smallest absolute Gasteiger partial charge is 0.125 e. The van der Waals surface area contributed by atoms with Crippen LogP contribution in [0.2, 0.25) is 0 Å². The van der Waals surface area contributed by atoms with Gasteiger partial charge in [-0.15, -0.1) is 20.4 Å². The molecule has 0 aliphatic heterocycles. The first-order valence-electron chi connectivity index (χ1n) is 13.8. The van der Waals surface area contributed by atoms with Gasteiger partial charge in [0, 0.05) is 26.9 Å². The maximum atomic E-state index is 4.97. The van der Waals surface area contributed by atoms with E-state index >= 15 is 0 Å². The SMILES string of the molecule is c1ccc2cc3nnc(-c4nnnc5ccc6cccc(-c7cccc8nc9ccccc9cc78)c6c45)cc3cc2c1. The third-order valence-electron chi connectivity index (χ3n) is 8.10. The third-order valence-corrected chi connectivity index (χ3v) is 8.10. The number of pyridine rings is 1. The molecular formula is C36H20N6. The molecule has 0 unspecified atom stereocenters. The molecule has 6 aromatic carbocycles. The van der Waals surface area contributed by atoms with Gasteiger partial charge in [-0.1, -0.05) is 78.9 Å². The first-order chi connectivity index (χ1) is 20.8. The highest BCUT2D eigenvalue weighted by atomic mass is 15.3. The van der Waals surface area contributed by atoms with E-state index in [4.69, 9.17) is 4.98 Å². The highest BCUT2D eigenvalue weighted by Gasteiger charge is 2.18. The van der Waals surface area contributed by atoms with Crippen LogP contribution >= 0.6 is 0 Å². The lowest BCUT2D eigenvalue weighted by molar-refractivity contribution is 0.895. The molecule has 0 radical (unpaired) electrons. The van der Waals surface area contributed by atoms with Crippen LogP contribution in [0.1, 0.15) is 0 Å². The summed E-state index contributed by atoms with van der Waals surface area (Å²) in [4.78, 5) is 4.97. The normalized spacial score (nSPS) is 11.8. The van der Waals surface area contributed by atoms with Crippen molar-refractivity contribution in [1.29, 1.82) is 0 Å². The van der Waals surface area contributed by atoms with Crippen molar-refractivity contribution in [3.05, 3.63) is 121 Å². The lowest BCUT2D eigenvalue weighted by Crippen LogP contribution is -1.98. The van der Waals surface area contributed by atoms with Crippen molar-refractivity contribution < 1.29 is 0 Å². The summed E-state index contributed by atoms with van der Waals surface area (Å²) in [6, 6.07) is 41.8. The Bertz CT molecular complexity index is 2540. The van der Waals surface area contributed by atoms with E-state index in [1.54, 1.807) is 0 Å². The summed E-state index contributed by atoms with van der Waals surface area (Å²) in [6.07, 6.45) is 0. The lowest BCUT2D eigenvalue weighted by Gasteiger charge is -2.14. The van der Waals surface area contributed by atoms with Crippen LogP contribution in [0.25, 0.3) is 87.7 Å². The van der Waals surface area contributed by atoms with E-state index < -0.39 is 0 Å². The van der Waals surface area contributed by atoms with Gasteiger partial charge in [-0.05, 0) is 75.0 Å². The molecule has 6 heteroatoms. The van der Waals surface area contributed by atoms with Crippen molar-refractivity contribution in [3.8, 4) is 22.5 Å². The highest BCUT2D eigenvalue weighted by molar-refractivity contribution is 6.19. The predicted octanol–water partition coefficient (Wildman–Crippen LogP) is 8.31. The van der Waals surface area contributed by atoms with Crippen molar-refractivity contribution in [2.45, 2.75) is 0 Å². The zero-order chi connectivity index (χ0) is 27.6. The van der Waals surface area contributed by atoms with Gasteiger partial charge in [-0.2, -0.15) is 0 Å². The van der Waals surface area contributed by atoms with Gasteiger partial charge in [0.25, 0.3) is 0 Å². The van der Waals surface area contributed by atoms with Gasteiger partial charge in [0.2, 0.25) is 0 Å². The molecule has 0 saturated carbocycles. The molecule has 9 rings (SSSR count). The number of para-hydroxylation sites is 1. The summed E-state index contributed by atoms with van der Waals surface area (Å²) in [5.41, 5.74) is 7.02. The number of hydrogen-bond donors (Lipinski definition) is 0. The maximum Gasteiger partial charge on any atom is 0.125 e. The first-order valence-corrected chi connectivity index (χ1v) is 13.8. The second-order valence-electron chi connectivity index (χ2n) is 10.5.